The Hall–Kier alpha value is -1.71. The summed E-state index contributed by atoms with van der Waals surface area (Å²) < 4.78 is 27.9. The molecule has 1 N–H and O–H groups in total. The van der Waals surface area contributed by atoms with Crippen LogP contribution in [-0.4, -0.2) is 42.7 Å². The second kappa shape index (κ2) is 10.7. The summed E-state index contributed by atoms with van der Waals surface area (Å²) in [4.78, 5) is 23.1. The quantitative estimate of drug-likeness (QED) is 0.492. The molecule has 1 aliphatic heterocycles. The predicted molar refractivity (Wildman–Crippen MR) is 118 cm³/mol. The average molecular weight is 472 g/mol. The molecule has 1 aromatic rings. The third-order valence-electron chi connectivity index (χ3n) is 6.28. The van der Waals surface area contributed by atoms with Crippen LogP contribution in [0.5, 0.6) is 0 Å². The molecule has 0 bridgehead atoms. The molecule has 1 amide bonds. The molecule has 1 heterocycles. The molecule has 3 rings (SSSR count). The number of benzene rings is 1. The lowest BCUT2D eigenvalue weighted by molar-refractivity contribution is -0.384. The van der Waals surface area contributed by atoms with Crippen molar-refractivity contribution in [1.82, 2.24) is 9.62 Å². The zero-order valence-electron chi connectivity index (χ0n) is 17.6. The summed E-state index contributed by atoms with van der Waals surface area (Å²) in [6.07, 6.45) is 9.64. The van der Waals surface area contributed by atoms with E-state index in [4.69, 9.17) is 11.6 Å². The minimum Gasteiger partial charge on any atom is -0.354 e. The lowest BCUT2D eigenvalue weighted by Gasteiger charge is -2.35. The normalized spacial score (nSPS) is 21.8. The fourth-order valence-electron chi connectivity index (χ4n) is 4.50. The Morgan fingerprint density at radius 1 is 1.10 bits per heavy atom. The molecule has 1 unspecified atom stereocenters. The van der Waals surface area contributed by atoms with E-state index in [1.54, 1.807) is 0 Å². The number of nitro groups is 1. The van der Waals surface area contributed by atoms with Crippen molar-refractivity contribution in [3.63, 3.8) is 0 Å². The topological polar surface area (TPSA) is 110 Å². The highest BCUT2D eigenvalue weighted by atomic mass is 35.5. The summed E-state index contributed by atoms with van der Waals surface area (Å²) in [7, 11) is -3.95. The highest BCUT2D eigenvalue weighted by Gasteiger charge is 2.35. The van der Waals surface area contributed by atoms with Crippen molar-refractivity contribution in [1.29, 1.82) is 0 Å². The van der Waals surface area contributed by atoms with Gasteiger partial charge < -0.3 is 5.32 Å². The Kier molecular flexibility index (Phi) is 8.30. The van der Waals surface area contributed by atoms with Crippen molar-refractivity contribution >= 4 is 33.2 Å². The van der Waals surface area contributed by atoms with E-state index in [2.05, 4.69) is 5.32 Å². The number of piperidine rings is 1. The zero-order chi connectivity index (χ0) is 22.4. The number of amides is 1. The van der Waals surface area contributed by atoms with Crippen molar-refractivity contribution in [3.8, 4) is 0 Å². The summed E-state index contributed by atoms with van der Waals surface area (Å²) >= 11 is 5.84. The molecule has 0 aromatic heterocycles. The van der Waals surface area contributed by atoms with Crippen LogP contribution in [0.4, 0.5) is 5.69 Å². The van der Waals surface area contributed by atoms with Gasteiger partial charge in [0.2, 0.25) is 15.9 Å². The van der Waals surface area contributed by atoms with Gasteiger partial charge in [-0.3, -0.25) is 14.9 Å². The number of rotatable bonds is 6. The first-order chi connectivity index (χ1) is 14.8. The summed E-state index contributed by atoms with van der Waals surface area (Å²) in [5.74, 6) is -0.000172. The maximum Gasteiger partial charge on any atom is 0.289 e. The van der Waals surface area contributed by atoms with Crippen LogP contribution in [0, 0.1) is 16.0 Å². The highest BCUT2D eigenvalue weighted by molar-refractivity contribution is 7.89. The van der Waals surface area contributed by atoms with Crippen LogP contribution in [0.15, 0.2) is 23.1 Å². The minimum atomic E-state index is -3.95. The summed E-state index contributed by atoms with van der Waals surface area (Å²) in [6, 6.07) is 3.17. The van der Waals surface area contributed by atoms with Gasteiger partial charge in [-0.2, -0.15) is 4.31 Å². The van der Waals surface area contributed by atoms with E-state index in [1.807, 2.05) is 0 Å². The molecular weight excluding hydrogens is 442 g/mol. The van der Waals surface area contributed by atoms with E-state index in [0.29, 0.717) is 19.4 Å². The van der Waals surface area contributed by atoms with Gasteiger partial charge in [-0.15, -0.1) is 0 Å². The molecule has 8 nitrogen and oxygen atoms in total. The van der Waals surface area contributed by atoms with E-state index >= 15 is 0 Å². The van der Waals surface area contributed by atoms with Gasteiger partial charge in [0, 0.05) is 31.1 Å². The third kappa shape index (κ3) is 5.96. The smallest absolute Gasteiger partial charge is 0.289 e. The van der Waals surface area contributed by atoms with Crippen LogP contribution in [0.25, 0.3) is 0 Å². The first-order valence-electron chi connectivity index (χ1n) is 11.0. The van der Waals surface area contributed by atoms with Gasteiger partial charge in [0.05, 0.1) is 9.82 Å². The maximum absolute atomic E-state index is 13.3. The molecular formula is C21H30ClN3O5S. The number of nitrogens with zero attached hydrogens (tertiary/aromatic N) is 2. The van der Waals surface area contributed by atoms with Gasteiger partial charge in [-0.05, 0) is 37.8 Å². The van der Waals surface area contributed by atoms with E-state index in [9.17, 15) is 23.3 Å². The van der Waals surface area contributed by atoms with Gasteiger partial charge in [0.15, 0.2) is 0 Å². The standard InChI is InChI=1S/C21H30ClN3O5S/c22-19-12-11-18(14-20(19)25(27)28)31(29,30)24-13-7-6-10-17(24)15-23-21(26)16-8-4-2-1-3-5-9-16/h11-12,14,16-17H,1-10,13,15H2,(H,23,26). The molecule has 1 aromatic carbocycles. The number of nitrogens with one attached hydrogen (secondary N) is 1. The monoisotopic (exact) mass is 471 g/mol. The fourth-order valence-corrected chi connectivity index (χ4v) is 6.40. The Morgan fingerprint density at radius 2 is 1.74 bits per heavy atom. The Bertz CT molecular complexity index is 900. The third-order valence-corrected chi connectivity index (χ3v) is 8.55. The Labute approximate surface area is 188 Å². The van der Waals surface area contributed by atoms with E-state index in [-0.39, 0.29) is 34.3 Å². The van der Waals surface area contributed by atoms with Gasteiger partial charge in [0.1, 0.15) is 5.02 Å². The van der Waals surface area contributed by atoms with Crippen LogP contribution in [0.2, 0.25) is 5.02 Å². The fraction of sp³-hybridized carbons (Fsp3) is 0.667. The van der Waals surface area contributed by atoms with Crippen LogP contribution < -0.4 is 5.32 Å². The van der Waals surface area contributed by atoms with Crippen molar-refractivity contribution in [2.24, 2.45) is 5.92 Å². The van der Waals surface area contributed by atoms with Crippen molar-refractivity contribution in [3.05, 3.63) is 33.3 Å². The molecule has 172 valence electrons. The molecule has 1 atom stereocenters. The largest absolute Gasteiger partial charge is 0.354 e. The van der Waals surface area contributed by atoms with Gasteiger partial charge in [-0.1, -0.05) is 50.1 Å². The first-order valence-corrected chi connectivity index (χ1v) is 12.9. The van der Waals surface area contributed by atoms with E-state index in [0.717, 1.165) is 51.0 Å². The lowest BCUT2D eigenvalue weighted by atomic mass is 9.90. The van der Waals surface area contributed by atoms with Crippen molar-refractivity contribution < 1.29 is 18.1 Å². The summed E-state index contributed by atoms with van der Waals surface area (Å²) in [5.41, 5.74) is -0.436. The van der Waals surface area contributed by atoms with E-state index in [1.165, 1.54) is 22.9 Å². The number of carbonyl (C=O) groups excluding carboxylic acids is 1. The lowest BCUT2D eigenvalue weighted by Crippen LogP contribution is -2.50. The molecule has 2 aliphatic rings. The van der Waals surface area contributed by atoms with Crippen LogP contribution in [0.3, 0.4) is 0 Å². The molecule has 31 heavy (non-hydrogen) atoms. The van der Waals surface area contributed by atoms with Crippen molar-refractivity contribution in [2.75, 3.05) is 13.1 Å². The van der Waals surface area contributed by atoms with Crippen LogP contribution in [0.1, 0.15) is 64.2 Å². The van der Waals surface area contributed by atoms with Crippen LogP contribution in [-0.2, 0) is 14.8 Å². The molecule has 10 heteroatoms. The number of hydrogen-bond acceptors (Lipinski definition) is 5. The van der Waals surface area contributed by atoms with Gasteiger partial charge in [-0.25, -0.2) is 8.42 Å². The summed E-state index contributed by atoms with van der Waals surface area (Å²) in [5, 5.41) is 14.1. The summed E-state index contributed by atoms with van der Waals surface area (Å²) in [6.45, 7) is 0.576. The minimum absolute atomic E-state index is 0.00644. The molecule has 1 saturated carbocycles. The molecule has 0 radical (unpaired) electrons. The molecule has 1 saturated heterocycles. The van der Waals surface area contributed by atoms with E-state index < -0.39 is 20.6 Å². The molecule has 0 spiro atoms. The molecule has 2 fully saturated rings. The second-order valence-electron chi connectivity index (χ2n) is 8.42. The number of halogens is 1. The Balaban J connectivity index is 1.71. The maximum atomic E-state index is 13.3. The zero-order valence-corrected chi connectivity index (χ0v) is 19.2. The van der Waals surface area contributed by atoms with Crippen LogP contribution >= 0.6 is 11.6 Å². The first kappa shape index (κ1) is 23.9. The second-order valence-corrected chi connectivity index (χ2v) is 10.7. The molecule has 1 aliphatic carbocycles. The van der Waals surface area contributed by atoms with Gasteiger partial charge >= 0.3 is 0 Å². The highest BCUT2D eigenvalue weighted by Crippen LogP contribution is 2.31. The number of nitro benzene ring substituents is 1. The average Bonchev–Trinajstić information content (AvgIpc) is 2.72. The predicted octanol–water partition coefficient (Wildman–Crippen LogP) is 4.27. The number of carbonyl (C=O) groups is 1. The SMILES string of the molecule is O=C(NCC1CCCCN1S(=O)(=O)c1ccc(Cl)c([N+](=O)[O-])c1)C1CCCCCCC1. The number of sulfonamides is 1. The Morgan fingerprint density at radius 3 is 2.42 bits per heavy atom. The van der Waals surface area contributed by atoms with Crippen molar-refractivity contribution in [2.45, 2.75) is 75.1 Å². The number of hydrogen-bond donors (Lipinski definition) is 1. The van der Waals surface area contributed by atoms with Gasteiger partial charge in [0.25, 0.3) is 5.69 Å².